The summed E-state index contributed by atoms with van der Waals surface area (Å²) in [6, 6.07) is 22.5. The molecular formula is C27H24N4O4S. The van der Waals surface area contributed by atoms with Crippen LogP contribution in [0.2, 0.25) is 0 Å². The Kier molecular flexibility index (Phi) is 6.99. The van der Waals surface area contributed by atoms with Crippen LogP contribution in [0.15, 0.2) is 87.3 Å². The zero-order chi connectivity index (χ0) is 24.9. The molecule has 0 bridgehead atoms. The molecule has 0 saturated heterocycles. The molecule has 2 aromatic heterocycles. The molecule has 36 heavy (non-hydrogen) atoms. The minimum absolute atomic E-state index is 0.105. The van der Waals surface area contributed by atoms with Gasteiger partial charge in [0.05, 0.1) is 36.9 Å². The molecule has 0 aliphatic rings. The van der Waals surface area contributed by atoms with Crippen molar-refractivity contribution >= 4 is 22.7 Å². The van der Waals surface area contributed by atoms with Gasteiger partial charge in [0.15, 0.2) is 5.16 Å². The van der Waals surface area contributed by atoms with Crippen LogP contribution in [0.25, 0.3) is 22.3 Å². The summed E-state index contributed by atoms with van der Waals surface area (Å²) in [7, 11) is 1.62. The highest BCUT2D eigenvalue weighted by Gasteiger charge is 2.15. The van der Waals surface area contributed by atoms with Gasteiger partial charge >= 0.3 is 0 Å². The minimum atomic E-state index is -0.105. The van der Waals surface area contributed by atoms with Crippen LogP contribution in [0.3, 0.4) is 0 Å². The van der Waals surface area contributed by atoms with E-state index in [0.29, 0.717) is 46.7 Å². The van der Waals surface area contributed by atoms with E-state index < -0.39 is 0 Å². The normalized spacial score (nSPS) is 11.1. The molecule has 5 aromatic rings. The topological polar surface area (TPSA) is 92.3 Å². The molecule has 0 fully saturated rings. The third-order valence-corrected chi connectivity index (χ3v) is 6.48. The minimum Gasteiger partial charge on any atom is -0.497 e. The smallest absolute Gasteiger partial charge is 0.262 e. The summed E-state index contributed by atoms with van der Waals surface area (Å²) in [6.45, 7) is 2.91. The van der Waals surface area contributed by atoms with Crippen LogP contribution < -0.4 is 15.0 Å². The SMILES string of the molecule is CCOc1ccc(-c2noc(CSc3nc4ccccc4c(=O)n3Cc3cccc(OC)c3)n2)cc1. The van der Waals surface area contributed by atoms with Crippen molar-refractivity contribution < 1.29 is 14.0 Å². The van der Waals surface area contributed by atoms with Gasteiger partial charge in [0, 0.05) is 5.56 Å². The maximum Gasteiger partial charge on any atom is 0.262 e. The summed E-state index contributed by atoms with van der Waals surface area (Å²) >= 11 is 1.38. The second-order valence-electron chi connectivity index (χ2n) is 7.91. The predicted molar refractivity (Wildman–Crippen MR) is 139 cm³/mol. The van der Waals surface area contributed by atoms with Gasteiger partial charge in [0.25, 0.3) is 5.56 Å². The Bertz CT molecular complexity index is 1550. The van der Waals surface area contributed by atoms with Crippen LogP contribution in [0, 0.1) is 0 Å². The fraction of sp³-hybridized carbons (Fsp3) is 0.185. The summed E-state index contributed by atoms with van der Waals surface area (Å²) in [5.41, 5.74) is 2.31. The number of methoxy groups -OCH3 is 1. The predicted octanol–water partition coefficient (Wildman–Crippen LogP) is 5.19. The van der Waals surface area contributed by atoms with Crippen molar-refractivity contribution in [1.82, 2.24) is 19.7 Å². The lowest BCUT2D eigenvalue weighted by molar-refractivity contribution is 0.340. The summed E-state index contributed by atoms with van der Waals surface area (Å²) < 4.78 is 18.0. The Balaban J connectivity index is 1.41. The molecule has 0 unspecified atom stereocenters. The zero-order valence-corrected chi connectivity index (χ0v) is 20.7. The molecule has 5 rings (SSSR count). The first-order valence-electron chi connectivity index (χ1n) is 11.5. The third-order valence-electron chi connectivity index (χ3n) is 5.52. The van der Waals surface area contributed by atoms with E-state index >= 15 is 0 Å². The van der Waals surface area contributed by atoms with E-state index in [1.165, 1.54) is 11.8 Å². The van der Waals surface area contributed by atoms with E-state index in [4.69, 9.17) is 19.0 Å². The molecule has 0 radical (unpaired) electrons. The number of ether oxygens (including phenoxy) is 2. The van der Waals surface area contributed by atoms with Crippen LogP contribution in [0.5, 0.6) is 11.5 Å². The summed E-state index contributed by atoms with van der Waals surface area (Å²) in [6.07, 6.45) is 0. The van der Waals surface area contributed by atoms with Crippen molar-refractivity contribution in [3.05, 3.63) is 94.6 Å². The van der Waals surface area contributed by atoms with Gasteiger partial charge < -0.3 is 14.0 Å². The van der Waals surface area contributed by atoms with Crippen LogP contribution in [-0.2, 0) is 12.3 Å². The van der Waals surface area contributed by atoms with Gasteiger partial charge in [-0.05, 0) is 61.0 Å². The highest BCUT2D eigenvalue weighted by molar-refractivity contribution is 7.98. The molecule has 0 saturated carbocycles. The number of hydrogen-bond donors (Lipinski definition) is 0. The van der Waals surface area contributed by atoms with Crippen molar-refractivity contribution in [2.45, 2.75) is 24.4 Å². The lowest BCUT2D eigenvalue weighted by atomic mass is 10.2. The molecule has 0 aliphatic carbocycles. The standard InChI is InChI=1S/C27H24N4O4S/c1-3-34-20-13-11-19(12-14-20)25-29-24(35-30-25)17-36-27-28-23-10-5-4-9-22(23)26(32)31(27)16-18-7-6-8-21(15-18)33-2/h4-15H,3,16-17H2,1-2H3. The maximum absolute atomic E-state index is 13.4. The molecule has 0 spiro atoms. The fourth-order valence-corrected chi connectivity index (χ4v) is 4.61. The van der Waals surface area contributed by atoms with Gasteiger partial charge in [-0.3, -0.25) is 9.36 Å². The Hall–Kier alpha value is -4.11. The largest absolute Gasteiger partial charge is 0.497 e. The average Bonchev–Trinajstić information content (AvgIpc) is 3.39. The summed E-state index contributed by atoms with van der Waals surface area (Å²) in [4.78, 5) is 22.7. The Labute approximate surface area is 211 Å². The number of rotatable bonds is 9. The van der Waals surface area contributed by atoms with Crippen molar-refractivity contribution in [3.8, 4) is 22.9 Å². The first kappa shape index (κ1) is 23.6. The first-order valence-corrected chi connectivity index (χ1v) is 12.4. The summed E-state index contributed by atoms with van der Waals surface area (Å²) in [5.74, 6) is 2.83. The number of nitrogens with zero attached hydrogens (tertiary/aromatic N) is 4. The molecule has 0 atom stereocenters. The monoisotopic (exact) mass is 500 g/mol. The van der Waals surface area contributed by atoms with Crippen LogP contribution >= 0.6 is 11.8 Å². The molecule has 0 amide bonds. The lowest BCUT2D eigenvalue weighted by Gasteiger charge is -2.13. The average molecular weight is 501 g/mol. The Morgan fingerprint density at radius 2 is 1.81 bits per heavy atom. The van der Waals surface area contributed by atoms with Crippen molar-refractivity contribution in [2.24, 2.45) is 0 Å². The number of aromatic nitrogens is 4. The number of para-hydroxylation sites is 1. The second-order valence-corrected chi connectivity index (χ2v) is 8.85. The fourth-order valence-electron chi connectivity index (χ4n) is 3.77. The van der Waals surface area contributed by atoms with E-state index in [1.807, 2.05) is 73.7 Å². The Morgan fingerprint density at radius 1 is 0.972 bits per heavy atom. The molecule has 3 aromatic carbocycles. The zero-order valence-electron chi connectivity index (χ0n) is 19.9. The van der Waals surface area contributed by atoms with E-state index in [-0.39, 0.29) is 5.56 Å². The van der Waals surface area contributed by atoms with Crippen LogP contribution in [-0.4, -0.2) is 33.4 Å². The first-order chi connectivity index (χ1) is 17.6. The van der Waals surface area contributed by atoms with Crippen molar-refractivity contribution in [3.63, 3.8) is 0 Å². The van der Waals surface area contributed by atoms with Crippen molar-refractivity contribution in [2.75, 3.05) is 13.7 Å². The Morgan fingerprint density at radius 3 is 2.61 bits per heavy atom. The van der Waals surface area contributed by atoms with Gasteiger partial charge in [-0.25, -0.2) is 4.98 Å². The van der Waals surface area contributed by atoms with E-state index in [9.17, 15) is 4.79 Å². The highest BCUT2D eigenvalue weighted by atomic mass is 32.2. The van der Waals surface area contributed by atoms with Gasteiger partial charge in [-0.2, -0.15) is 4.98 Å². The maximum atomic E-state index is 13.4. The highest BCUT2D eigenvalue weighted by Crippen LogP contribution is 2.25. The van der Waals surface area contributed by atoms with E-state index in [1.54, 1.807) is 17.7 Å². The number of hydrogen-bond acceptors (Lipinski definition) is 8. The molecular weight excluding hydrogens is 476 g/mol. The molecule has 2 heterocycles. The number of fused-ring (bicyclic) bond motifs is 1. The van der Waals surface area contributed by atoms with Gasteiger partial charge in [0.1, 0.15) is 11.5 Å². The van der Waals surface area contributed by atoms with Crippen molar-refractivity contribution in [1.29, 1.82) is 0 Å². The quantitative estimate of drug-likeness (QED) is 0.202. The molecule has 0 aliphatic heterocycles. The lowest BCUT2D eigenvalue weighted by Crippen LogP contribution is -2.24. The second kappa shape index (κ2) is 10.7. The molecule has 9 heteroatoms. The van der Waals surface area contributed by atoms with Crippen LogP contribution in [0.4, 0.5) is 0 Å². The molecule has 8 nitrogen and oxygen atoms in total. The van der Waals surface area contributed by atoms with E-state index in [0.717, 1.165) is 22.6 Å². The van der Waals surface area contributed by atoms with Gasteiger partial charge in [-0.15, -0.1) is 0 Å². The van der Waals surface area contributed by atoms with Gasteiger partial charge in [0.2, 0.25) is 11.7 Å². The number of thioether (sulfide) groups is 1. The molecule has 182 valence electrons. The van der Waals surface area contributed by atoms with E-state index in [2.05, 4.69) is 10.1 Å². The van der Waals surface area contributed by atoms with Gasteiger partial charge in [-0.1, -0.05) is 41.2 Å². The number of benzene rings is 3. The third kappa shape index (κ3) is 5.11. The summed E-state index contributed by atoms with van der Waals surface area (Å²) in [5, 5.41) is 5.25. The molecule has 0 N–H and O–H groups in total. The van der Waals surface area contributed by atoms with Crippen LogP contribution in [0.1, 0.15) is 18.4 Å².